The smallest absolute Gasteiger partial charge is 0.172 e. The van der Waals surface area contributed by atoms with Gasteiger partial charge in [-0.05, 0) is 12.1 Å². The Morgan fingerprint density at radius 2 is 2.07 bits per heavy atom. The monoisotopic (exact) mass is 212 g/mol. The van der Waals surface area contributed by atoms with Gasteiger partial charge in [0.05, 0.1) is 5.02 Å². The summed E-state index contributed by atoms with van der Waals surface area (Å²) >= 11 is 5.85. The van der Waals surface area contributed by atoms with Crippen molar-refractivity contribution in [1.82, 2.24) is 0 Å². The summed E-state index contributed by atoms with van der Waals surface area (Å²) in [7, 11) is 0. The lowest BCUT2D eigenvalue weighted by atomic mass is 10.1. The molecule has 0 unspecified atom stereocenters. The molecule has 0 radical (unpaired) electrons. The Morgan fingerprint density at radius 1 is 1.43 bits per heavy atom. The van der Waals surface area contributed by atoms with Crippen LogP contribution in [0.3, 0.4) is 0 Å². The van der Waals surface area contributed by atoms with Crippen LogP contribution in [0.2, 0.25) is 5.02 Å². The third-order valence-corrected chi connectivity index (χ3v) is 2.16. The summed E-state index contributed by atoms with van der Waals surface area (Å²) in [5.41, 5.74) is 0. The van der Waals surface area contributed by atoms with Crippen LogP contribution in [-0.2, 0) is 4.79 Å². The molecule has 3 heteroatoms. The van der Waals surface area contributed by atoms with Crippen molar-refractivity contribution >= 4 is 17.4 Å². The molecule has 0 atom stereocenters. The molecule has 0 bridgehead atoms. The molecular formula is C11H13ClO2. The van der Waals surface area contributed by atoms with E-state index in [0.717, 1.165) is 0 Å². The van der Waals surface area contributed by atoms with E-state index in [2.05, 4.69) is 0 Å². The molecule has 2 nitrogen and oxygen atoms in total. The van der Waals surface area contributed by atoms with Gasteiger partial charge in [0.25, 0.3) is 0 Å². The zero-order valence-electron chi connectivity index (χ0n) is 8.29. The maximum Gasteiger partial charge on any atom is 0.172 e. The molecule has 1 aromatic rings. The number of Topliss-reactive ketones (excluding diaryl/α,β-unsaturated/α-hetero) is 1. The topological polar surface area (TPSA) is 26.3 Å². The van der Waals surface area contributed by atoms with E-state index in [9.17, 15) is 4.79 Å². The summed E-state index contributed by atoms with van der Waals surface area (Å²) < 4.78 is 5.28. The van der Waals surface area contributed by atoms with Crippen LogP contribution in [0.25, 0.3) is 0 Å². The van der Waals surface area contributed by atoms with E-state index in [1.807, 2.05) is 26.0 Å². The quantitative estimate of drug-likeness (QED) is 0.767. The maximum atomic E-state index is 11.3. The molecule has 0 aliphatic rings. The van der Waals surface area contributed by atoms with E-state index < -0.39 is 0 Å². The van der Waals surface area contributed by atoms with Crippen molar-refractivity contribution in [3.8, 4) is 5.75 Å². The van der Waals surface area contributed by atoms with Gasteiger partial charge in [0.2, 0.25) is 0 Å². The highest BCUT2D eigenvalue weighted by Crippen LogP contribution is 2.23. The molecule has 14 heavy (non-hydrogen) atoms. The highest BCUT2D eigenvalue weighted by molar-refractivity contribution is 6.32. The van der Waals surface area contributed by atoms with Crippen LogP contribution < -0.4 is 4.74 Å². The van der Waals surface area contributed by atoms with Crippen molar-refractivity contribution in [2.45, 2.75) is 13.8 Å². The van der Waals surface area contributed by atoms with Gasteiger partial charge >= 0.3 is 0 Å². The Hall–Kier alpha value is -1.02. The molecule has 0 aromatic heterocycles. The molecule has 0 N–H and O–H groups in total. The van der Waals surface area contributed by atoms with Gasteiger partial charge in [-0.1, -0.05) is 37.6 Å². The number of hydrogen-bond donors (Lipinski definition) is 0. The van der Waals surface area contributed by atoms with Crippen LogP contribution in [0.4, 0.5) is 0 Å². The van der Waals surface area contributed by atoms with Crippen LogP contribution >= 0.6 is 11.6 Å². The third kappa shape index (κ3) is 3.04. The molecule has 0 aliphatic carbocycles. The van der Waals surface area contributed by atoms with Crippen molar-refractivity contribution in [3.63, 3.8) is 0 Å². The Kier molecular flexibility index (Phi) is 3.96. The van der Waals surface area contributed by atoms with Gasteiger partial charge in [-0.25, -0.2) is 0 Å². The first-order chi connectivity index (χ1) is 6.61. The molecule has 1 rings (SSSR count). The lowest BCUT2D eigenvalue weighted by Crippen LogP contribution is -2.16. The average Bonchev–Trinajstić information content (AvgIpc) is 2.16. The number of halogens is 1. The Labute approximate surface area is 88.8 Å². The van der Waals surface area contributed by atoms with E-state index >= 15 is 0 Å². The number of rotatable bonds is 4. The molecular weight excluding hydrogens is 200 g/mol. The lowest BCUT2D eigenvalue weighted by molar-refractivity contribution is -0.123. The van der Waals surface area contributed by atoms with Gasteiger partial charge in [-0.3, -0.25) is 4.79 Å². The van der Waals surface area contributed by atoms with Crippen molar-refractivity contribution in [1.29, 1.82) is 0 Å². The number of para-hydroxylation sites is 1. The first kappa shape index (κ1) is 11.1. The van der Waals surface area contributed by atoms with Gasteiger partial charge in [-0.2, -0.15) is 0 Å². The highest BCUT2D eigenvalue weighted by atomic mass is 35.5. The zero-order chi connectivity index (χ0) is 10.6. The number of benzene rings is 1. The summed E-state index contributed by atoms with van der Waals surface area (Å²) in [5, 5.41) is 0.532. The summed E-state index contributed by atoms with van der Waals surface area (Å²) in [5.74, 6) is 0.630. The summed E-state index contributed by atoms with van der Waals surface area (Å²) in [6.45, 7) is 3.78. The molecule has 76 valence electrons. The second-order valence-corrected chi connectivity index (χ2v) is 3.75. The van der Waals surface area contributed by atoms with Gasteiger partial charge in [0.15, 0.2) is 5.78 Å². The Bertz CT molecular complexity index is 321. The fourth-order valence-corrected chi connectivity index (χ4v) is 1.07. The van der Waals surface area contributed by atoms with Crippen LogP contribution in [0.5, 0.6) is 5.75 Å². The molecule has 0 aliphatic heterocycles. The van der Waals surface area contributed by atoms with Gasteiger partial charge in [0.1, 0.15) is 12.4 Å². The summed E-state index contributed by atoms with van der Waals surface area (Å²) in [4.78, 5) is 11.3. The van der Waals surface area contributed by atoms with Crippen LogP contribution in [0.1, 0.15) is 13.8 Å². The van der Waals surface area contributed by atoms with Crippen molar-refractivity contribution in [2.24, 2.45) is 5.92 Å². The van der Waals surface area contributed by atoms with E-state index in [0.29, 0.717) is 10.8 Å². The standard InChI is InChI=1S/C11H13ClO2/c1-8(2)10(13)7-14-11-6-4-3-5-9(11)12/h3-6,8H,7H2,1-2H3. The van der Waals surface area contributed by atoms with E-state index in [1.165, 1.54) is 0 Å². The molecule has 1 aromatic carbocycles. The fourth-order valence-electron chi connectivity index (χ4n) is 0.877. The SMILES string of the molecule is CC(C)C(=O)COc1ccccc1Cl. The maximum absolute atomic E-state index is 11.3. The van der Waals surface area contributed by atoms with E-state index in [-0.39, 0.29) is 18.3 Å². The first-order valence-electron chi connectivity index (χ1n) is 4.51. The Morgan fingerprint density at radius 3 is 2.64 bits per heavy atom. The molecule has 0 heterocycles. The average molecular weight is 213 g/mol. The minimum Gasteiger partial charge on any atom is -0.484 e. The minimum absolute atomic E-state index is 0.00233. The molecule has 0 fully saturated rings. The van der Waals surface area contributed by atoms with E-state index in [1.54, 1.807) is 12.1 Å². The number of carbonyl (C=O) groups excluding carboxylic acids is 1. The fraction of sp³-hybridized carbons (Fsp3) is 0.364. The van der Waals surface area contributed by atoms with Crippen molar-refractivity contribution in [3.05, 3.63) is 29.3 Å². The summed E-state index contributed by atoms with van der Waals surface area (Å²) in [6, 6.07) is 7.12. The van der Waals surface area contributed by atoms with Crippen molar-refractivity contribution < 1.29 is 9.53 Å². The molecule has 0 saturated heterocycles. The van der Waals surface area contributed by atoms with Crippen LogP contribution in [-0.4, -0.2) is 12.4 Å². The third-order valence-electron chi connectivity index (χ3n) is 1.85. The largest absolute Gasteiger partial charge is 0.484 e. The molecule has 0 spiro atoms. The van der Waals surface area contributed by atoms with Crippen molar-refractivity contribution in [2.75, 3.05) is 6.61 Å². The number of carbonyl (C=O) groups is 1. The second kappa shape index (κ2) is 5.01. The van der Waals surface area contributed by atoms with Gasteiger partial charge < -0.3 is 4.74 Å². The number of ether oxygens (including phenoxy) is 1. The number of hydrogen-bond acceptors (Lipinski definition) is 2. The number of ketones is 1. The second-order valence-electron chi connectivity index (χ2n) is 3.34. The normalized spacial score (nSPS) is 10.3. The lowest BCUT2D eigenvalue weighted by Gasteiger charge is -2.08. The summed E-state index contributed by atoms with van der Waals surface area (Å²) in [6.07, 6.45) is 0. The molecule has 0 saturated carbocycles. The van der Waals surface area contributed by atoms with Gasteiger partial charge in [-0.15, -0.1) is 0 Å². The predicted octanol–water partition coefficient (Wildman–Crippen LogP) is 2.94. The van der Waals surface area contributed by atoms with E-state index in [4.69, 9.17) is 16.3 Å². The highest BCUT2D eigenvalue weighted by Gasteiger charge is 2.08. The minimum atomic E-state index is -0.00233. The Balaban J connectivity index is 2.54. The van der Waals surface area contributed by atoms with Gasteiger partial charge in [0, 0.05) is 5.92 Å². The van der Waals surface area contributed by atoms with Crippen LogP contribution in [0.15, 0.2) is 24.3 Å². The predicted molar refractivity (Wildman–Crippen MR) is 56.8 cm³/mol. The van der Waals surface area contributed by atoms with Crippen LogP contribution in [0, 0.1) is 5.92 Å². The first-order valence-corrected chi connectivity index (χ1v) is 4.89. The zero-order valence-corrected chi connectivity index (χ0v) is 9.04. The molecule has 0 amide bonds.